The van der Waals surface area contributed by atoms with Gasteiger partial charge in [0.1, 0.15) is 12.1 Å². The van der Waals surface area contributed by atoms with Crippen LogP contribution in [0.4, 0.5) is 0 Å². The highest BCUT2D eigenvalue weighted by Crippen LogP contribution is 2.24. The standard InChI is InChI=1S/C18H24N4O3/c19-9-5-4-8-14-18(25)22-11-13(10-15(22)17(24)21-14)20-16(23)12-6-2-1-3-7-12/h1-3,6-7,13-15H,4-5,8-11,19H2,(H,20,23)(H,21,24)/t13-,14-,15-/m0/s1. The van der Waals surface area contributed by atoms with Crippen LogP contribution in [0.3, 0.4) is 0 Å². The molecule has 0 aliphatic carbocycles. The molecule has 3 amide bonds. The summed E-state index contributed by atoms with van der Waals surface area (Å²) in [5, 5.41) is 5.75. The normalized spacial score (nSPS) is 25.5. The molecule has 3 atom stereocenters. The Morgan fingerprint density at radius 3 is 2.72 bits per heavy atom. The summed E-state index contributed by atoms with van der Waals surface area (Å²) in [6.07, 6.45) is 2.69. The first-order valence-corrected chi connectivity index (χ1v) is 8.77. The monoisotopic (exact) mass is 344 g/mol. The van der Waals surface area contributed by atoms with E-state index in [-0.39, 0.29) is 23.8 Å². The van der Waals surface area contributed by atoms with Crippen molar-refractivity contribution in [2.75, 3.05) is 13.1 Å². The second-order valence-corrected chi connectivity index (χ2v) is 6.62. The summed E-state index contributed by atoms with van der Waals surface area (Å²) in [6.45, 7) is 0.956. The zero-order chi connectivity index (χ0) is 17.8. The molecule has 3 rings (SSSR count). The fourth-order valence-corrected chi connectivity index (χ4v) is 3.51. The van der Waals surface area contributed by atoms with Gasteiger partial charge in [0.25, 0.3) is 5.91 Å². The van der Waals surface area contributed by atoms with E-state index in [4.69, 9.17) is 5.73 Å². The van der Waals surface area contributed by atoms with Gasteiger partial charge in [-0.05, 0) is 44.4 Å². The van der Waals surface area contributed by atoms with E-state index in [1.165, 1.54) is 0 Å². The Labute approximate surface area is 146 Å². The number of hydrogen-bond acceptors (Lipinski definition) is 4. The molecule has 0 spiro atoms. The number of carbonyl (C=O) groups is 3. The minimum absolute atomic E-state index is 0.0573. The average Bonchev–Trinajstić information content (AvgIpc) is 3.05. The first-order chi connectivity index (χ1) is 12.1. The molecule has 0 bridgehead atoms. The summed E-state index contributed by atoms with van der Waals surface area (Å²) in [5.41, 5.74) is 6.05. The highest BCUT2D eigenvalue weighted by Gasteiger charge is 2.46. The maximum Gasteiger partial charge on any atom is 0.251 e. The molecule has 2 heterocycles. The van der Waals surface area contributed by atoms with Crippen molar-refractivity contribution in [3.8, 4) is 0 Å². The van der Waals surface area contributed by atoms with Crippen molar-refractivity contribution in [2.24, 2.45) is 5.73 Å². The van der Waals surface area contributed by atoms with E-state index in [9.17, 15) is 14.4 Å². The van der Waals surface area contributed by atoms with Gasteiger partial charge in [-0.25, -0.2) is 0 Å². The van der Waals surface area contributed by atoms with Gasteiger partial charge in [-0.15, -0.1) is 0 Å². The van der Waals surface area contributed by atoms with Gasteiger partial charge in [0, 0.05) is 18.2 Å². The number of fused-ring (bicyclic) bond motifs is 1. The molecule has 0 radical (unpaired) electrons. The largest absolute Gasteiger partial charge is 0.347 e. The van der Waals surface area contributed by atoms with E-state index in [0.717, 1.165) is 12.8 Å². The summed E-state index contributed by atoms with van der Waals surface area (Å²) in [4.78, 5) is 38.8. The van der Waals surface area contributed by atoms with Crippen LogP contribution in [0.25, 0.3) is 0 Å². The lowest BCUT2D eigenvalue weighted by Gasteiger charge is -2.34. The Morgan fingerprint density at radius 1 is 1.24 bits per heavy atom. The number of rotatable bonds is 6. The van der Waals surface area contributed by atoms with Gasteiger partial charge in [0.05, 0.1) is 0 Å². The van der Waals surface area contributed by atoms with Gasteiger partial charge in [0.2, 0.25) is 11.8 Å². The SMILES string of the molecule is NCCCC[C@@H]1NC(=O)[C@@H]2C[C@H](NC(=O)c3ccccc3)CN2C1=O. The molecule has 1 aromatic rings. The molecule has 0 unspecified atom stereocenters. The fraction of sp³-hybridized carbons (Fsp3) is 0.500. The quantitative estimate of drug-likeness (QED) is 0.633. The van der Waals surface area contributed by atoms with Gasteiger partial charge in [-0.3, -0.25) is 14.4 Å². The van der Waals surface area contributed by atoms with Gasteiger partial charge in [-0.2, -0.15) is 0 Å². The molecule has 1 aromatic carbocycles. The number of hydrogen-bond donors (Lipinski definition) is 3. The third-order valence-electron chi connectivity index (χ3n) is 4.82. The third-order valence-corrected chi connectivity index (χ3v) is 4.82. The highest BCUT2D eigenvalue weighted by molar-refractivity contribution is 5.98. The Morgan fingerprint density at radius 2 is 2.00 bits per heavy atom. The summed E-state index contributed by atoms with van der Waals surface area (Å²) in [6, 6.07) is 7.76. The van der Waals surface area contributed by atoms with Crippen LogP contribution >= 0.6 is 0 Å². The van der Waals surface area contributed by atoms with Crippen molar-refractivity contribution >= 4 is 17.7 Å². The Hall–Kier alpha value is -2.41. The van der Waals surface area contributed by atoms with Crippen molar-refractivity contribution < 1.29 is 14.4 Å². The van der Waals surface area contributed by atoms with Crippen LogP contribution in [-0.2, 0) is 9.59 Å². The van der Waals surface area contributed by atoms with E-state index >= 15 is 0 Å². The average molecular weight is 344 g/mol. The highest BCUT2D eigenvalue weighted by atomic mass is 16.2. The summed E-state index contributed by atoms with van der Waals surface area (Å²) >= 11 is 0. The van der Waals surface area contributed by atoms with E-state index in [1.54, 1.807) is 29.2 Å². The zero-order valence-corrected chi connectivity index (χ0v) is 14.1. The van der Waals surface area contributed by atoms with Crippen LogP contribution in [0, 0.1) is 0 Å². The van der Waals surface area contributed by atoms with Crippen molar-refractivity contribution in [3.05, 3.63) is 35.9 Å². The van der Waals surface area contributed by atoms with E-state index in [0.29, 0.717) is 31.5 Å². The smallest absolute Gasteiger partial charge is 0.251 e. The summed E-state index contributed by atoms with van der Waals surface area (Å²) in [5.74, 6) is -0.371. The van der Waals surface area contributed by atoms with Gasteiger partial charge < -0.3 is 21.3 Å². The van der Waals surface area contributed by atoms with Crippen molar-refractivity contribution in [2.45, 2.75) is 43.8 Å². The molecule has 2 saturated heterocycles. The molecule has 134 valence electrons. The van der Waals surface area contributed by atoms with Gasteiger partial charge in [0.15, 0.2) is 0 Å². The predicted octanol–water partition coefficient (Wildman–Crippen LogP) is 0.0133. The van der Waals surface area contributed by atoms with Crippen LogP contribution in [-0.4, -0.2) is 53.8 Å². The molecule has 7 nitrogen and oxygen atoms in total. The maximum atomic E-state index is 12.6. The Bertz CT molecular complexity index is 649. The Kier molecular flexibility index (Phi) is 5.33. The molecule has 7 heteroatoms. The van der Waals surface area contributed by atoms with E-state index in [1.807, 2.05) is 6.07 Å². The number of amides is 3. The van der Waals surface area contributed by atoms with Crippen LogP contribution in [0.2, 0.25) is 0 Å². The van der Waals surface area contributed by atoms with Crippen molar-refractivity contribution in [1.29, 1.82) is 0 Å². The van der Waals surface area contributed by atoms with Crippen LogP contribution in [0.15, 0.2) is 30.3 Å². The van der Waals surface area contributed by atoms with Gasteiger partial charge >= 0.3 is 0 Å². The van der Waals surface area contributed by atoms with Crippen LogP contribution in [0.5, 0.6) is 0 Å². The van der Waals surface area contributed by atoms with Crippen LogP contribution < -0.4 is 16.4 Å². The van der Waals surface area contributed by atoms with Crippen molar-refractivity contribution in [1.82, 2.24) is 15.5 Å². The minimum Gasteiger partial charge on any atom is -0.347 e. The first kappa shape index (κ1) is 17.4. The van der Waals surface area contributed by atoms with Crippen LogP contribution in [0.1, 0.15) is 36.0 Å². The lowest BCUT2D eigenvalue weighted by Crippen LogP contribution is -2.61. The van der Waals surface area contributed by atoms with E-state index in [2.05, 4.69) is 10.6 Å². The molecule has 4 N–H and O–H groups in total. The fourth-order valence-electron chi connectivity index (χ4n) is 3.51. The topological polar surface area (TPSA) is 105 Å². The number of benzene rings is 1. The summed E-state index contributed by atoms with van der Waals surface area (Å²) in [7, 11) is 0. The van der Waals surface area contributed by atoms with E-state index < -0.39 is 12.1 Å². The minimum atomic E-state index is -0.487. The molecular weight excluding hydrogens is 320 g/mol. The second-order valence-electron chi connectivity index (χ2n) is 6.62. The molecule has 0 saturated carbocycles. The molecule has 2 aliphatic heterocycles. The molecule has 2 fully saturated rings. The van der Waals surface area contributed by atoms with Gasteiger partial charge in [-0.1, -0.05) is 18.2 Å². The lowest BCUT2D eigenvalue weighted by atomic mass is 10.0. The summed E-state index contributed by atoms with van der Waals surface area (Å²) < 4.78 is 0. The Balaban J connectivity index is 1.61. The second kappa shape index (κ2) is 7.65. The molecule has 2 aliphatic rings. The molecule has 0 aromatic heterocycles. The number of nitrogens with zero attached hydrogens (tertiary/aromatic N) is 1. The number of carbonyl (C=O) groups excluding carboxylic acids is 3. The van der Waals surface area contributed by atoms with Crippen molar-refractivity contribution in [3.63, 3.8) is 0 Å². The zero-order valence-electron chi connectivity index (χ0n) is 14.1. The number of nitrogens with two attached hydrogens (primary N) is 1. The maximum absolute atomic E-state index is 12.6. The molecular formula is C18H24N4O3. The number of piperazine rings is 1. The first-order valence-electron chi connectivity index (χ1n) is 8.77. The molecule has 25 heavy (non-hydrogen) atoms. The predicted molar refractivity (Wildman–Crippen MR) is 92.7 cm³/mol. The third kappa shape index (κ3) is 3.82. The lowest BCUT2D eigenvalue weighted by molar-refractivity contribution is -0.147. The number of nitrogens with one attached hydrogen (secondary N) is 2. The number of unbranched alkanes of at least 4 members (excludes halogenated alkanes) is 1.